The number of nitrogens with two attached hydrogens (primary N) is 1. The summed E-state index contributed by atoms with van der Waals surface area (Å²) in [5, 5.41) is 1.11. The maximum absolute atomic E-state index is 5.78. The molecule has 0 aliphatic carbocycles. The minimum absolute atomic E-state index is 0.287. The monoisotopic (exact) mass is 335 g/mol. The van der Waals surface area contributed by atoms with Crippen molar-refractivity contribution >= 4 is 22.7 Å². The molecule has 7 heteroatoms. The molecule has 25 heavy (non-hydrogen) atoms. The summed E-state index contributed by atoms with van der Waals surface area (Å²) in [6, 6.07) is 4.66. The van der Waals surface area contributed by atoms with Crippen LogP contribution in [-0.4, -0.2) is 57.6 Å². The Kier molecular flexibility index (Phi) is 3.18. The van der Waals surface area contributed by atoms with Crippen LogP contribution in [0.25, 0.3) is 22.3 Å². The molecule has 7 nitrogen and oxygen atoms in total. The van der Waals surface area contributed by atoms with Gasteiger partial charge in [-0.05, 0) is 38.1 Å². The van der Waals surface area contributed by atoms with Gasteiger partial charge in [0.1, 0.15) is 5.65 Å². The van der Waals surface area contributed by atoms with Gasteiger partial charge in [-0.2, -0.15) is 0 Å². The summed E-state index contributed by atoms with van der Waals surface area (Å²) in [5.41, 5.74) is 9.74. The van der Waals surface area contributed by atoms with Crippen LogP contribution in [-0.2, 0) is 0 Å². The van der Waals surface area contributed by atoms with Gasteiger partial charge in [0.2, 0.25) is 5.95 Å². The number of likely N-dealkylation sites (N-methyl/N-ethyl adjacent to an activating group) is 1. The Morgan fingerprint density at radius 3 is 2.92 bits per heavy atom. The molecule has 2 unspecified atom stereocenters. The molecule has 2 saturated heterocycles. The summed E-state index contributed by atoms with van der Waals surface area (Å²) in [5.74, 6) is 1.04. The minimum Gasteiger partial charge on any atom is -0.369 e. The van der Waals surface area contributed by atoms with Crippen molar-refractivity contribution in [2.75, 3.05) is 37.3 Å². The molecule has 0 radical (unpaired) electrons. The fourth-order valence-electron chi connectivity index (χ4n) is 4.40. The van der Waals surface area contributed by atoms with Crippen molar-refractivity contribution < 1.29 is 0 Å². The number of aromatic nitrogens is 4. The van der Waals surface area contributed by atoms with Crippen LogP contribution in [0, 0.1) is 5.92 Å². The number of nitrogens with one attached hydrogen (secondary N) is 1. The Hall–Kier alpha value is -2.67. The molecule has 128 valence electrons. The van der Waals surface area contributed by atoms with Crippen molar-refractivity contribution in [2.24, 2.45) is 5.92 Å². The van der Waals surface area contributed by atoms with E-state index in [-0.39, 0.29) is 5.95 Å². The third kappa shape index (κ3) is 2.26. The van der Waals surface area contributed by atoms with Gasteiger partial charge in [-0.25, -0.2) is 15.0 Å². The molecule has 2 atom stereocenters. The molecule has 2 aliphatic heterocycles. The van der Waals surface area contributed by atoms with Crippen molar-refractivity contribution in [1.82, 2.24) is 24.8 Å². The lowest BCUT2D eigenvalue weighted by Crippen LogP contribution is -2.32. The second kappa shape index (κ2) is 5.42. The fraction of sp³-hybridized carbons (Fsp3) is 0.389. The van der Waals surface area contributed by atoms with Crippen LogP contribution < -0.4 is 10.6 Å². The van der Waals surface area contributed by atoms with Crippen LogP contribution in [0.15, 0.2) is 30.7 Å². The molecule has 0 spiro atoms. The maximum Gasteiger partial charge on any atom is 0.220 e. The number of pyridine rings is 1. The molecule has 0 saturated carbocycles. The molecule has 5 heterocycles. The van der Waals surface area contributed by atoms with E-state index in [1.54, 1.807) is 6.20 Å². The first kappa shape index (κ1) is 14.7. The Balaban J connectivity index is 1.61. The summed E-state index contributed by atoms with van der Waals surface area (Å²) in [6.45, 7) is 3.38. The average Bonchev–Trinajstić information content (AvgIpc) is 3.30. The van der Waals surface area contributed by atoms with Crippen molar-refractivity contribution in [1.29, 1.82) is 0 Å². The quantitative estimate of drug-likeness (QED) is 0.742. The molecule has 5 rings (SSSR count). The molecule has 0 aromatic carbocycles. The second-order valence-electron chi connectivity index (χ2n) is 7.06. The Morgan fingerprint density at radius 1 is 1.20 bits per heavy atom. The van der Waals surface area contributed by atoms with Gasteiger partial charge < -0.3 is 20.5 Å². The van der Waals surface area contributed by atoms with Gasteiger partial charge in [0.25, 0.3) is 0 Å². The highest BCUT2D eigenvalue weighted by atomic mass is 15.3. The lowest BCUT2D eigenvalue weighted by Gasteiger charge is -2.23. The highest BCUT2D eigenvalue weighted by Crippen LogP contribution is 2.39. The molecule has 3 N–H and O–H groups in total. The SMILES string of the molecule is CN1CCC2CN(c3ccnc4[nH]cc(-c5ccnc(N)n5)c34)CC21. The number of fused-ring (bicyclic) bond motifs is 2. The fourth-order valence-corrected chi connectivity index (χ4v) is 4.40. The van der Waals surface area contributed by atoms with E-state index in [1.165, 1.54) is 18.7 Å². The maximum atomic E-state index is 5.78. The van der Waals surface area contributed by atoms with Crippen LogP contribution >= 0.6 is 0 Å². The van der Waals surface area contributed by atoms with Gasteiger partial charge in [0, 0.05) is 43.3 Å². The van der Waals surface area contributed by atoms with Crippen LogP contribution in [0.1, 0.15) is 6.42 Å². The summed E-state index contributed by atoms with van der Waals surface area (Å²) in [6.07, 6.45) is 6.83. The molecule has 3 aromatic rings. The number of likely N-dealkylation sites (tertiary alicyclic amines) is 1. The number of hydrogen-bond acceptors (Lipinski definition) is 6. The molecular weight excluding hydrogens is 314 g/mol. The highest BCUT2D eigenvalue weighted by molar-refractivity contribution is 6.02. The second-order valence-corrected chi connectivity index (χ2v) is 7.06. The topological polar surface area (TPSA) is 87.0 Å². The van der Waals surface area contributed by atoms with Crippen LogP contribution in [0.4, 0.5) is 11.6 Å². The summed E-state index contributed by atoms with van der Waals surface area (Å²) in [7, 11) is 2.24. The summed E-state index contributed by atoms with van der Waals surface area (Å²) < 4.78 is 0. The number of nitrogens with zero attached hydrogens (tertiary/aromatic N) is 5. The van der Waals surface area contributed by atoms with Crippen molar-refractivity contribution in [3.8, 4) is 11.3 Å². The van der Waals surface area contributed by atoms with E-state index >= 15 is 0 Å². The number of aromatic amines is 1. The van der Waals surface area contributed by atoms with Gasteiger partial charge in [0.05, 0.1) is 16.8 Å². The van der Waals surface area contributed by atoms with Crippen LogP contribution in [0.3, 0.4) is 0 Å². The predicted octanol–water partition coefficient (Wildman–Crippen LogP) is 1.74. The standard InChI is InChI=1S/C18H21N7/c1-24-7-4-11-9-25(10-15(11)24)14-3-6-20-17-16(14)12(8-22-17)13-2-5-21-18(19)23-13/h2-3,5-6,8,11,15H,4,7,9-10H2,1H3,(H,20,22)(H2,19,21,23). The van der Waals surface area contributed by atoms with E-state index in [4.69, 9.17) is 5.73 Å². The number of rotatable bonds is 2. The Bertz CT molecular complexity index is 934. The van der Waals surface area contributed by atoms with E-state index in [0.29, 0.717) is 6.04 Å². The first-order valence-electron chi connectivity index (χ1n) is 8.71. The first-order valence-corrected chi connectivity index (χ1v) is 8.71. The number of nitrogen functional groups attached to an aromatic ring is 1. The largest absolute Gasteiger partial charge is 0.369 e. The third-order valence-electron chi connectivity index (χ3n) is 5.67. The lowest BCUT2D eigenvalue weighted by molar-refractivity contribution is 0.310. The minimum atomic E-state index is 0.287. The number of anilines is 2. The molecule has 3 aromatic heterocycles. The summed E-state index contributed by atoms with van der Waals surface area (Å²) >= 11 is 0. The molecule has 0 amide bonds. The van der Waals surface area contributed by atoms with E-state index in [2.05, 4.69) is 42.8 Å². The van der Waals surface area contributed by atoms with E-state index < -0.39 is 0 Å². The normalized spacial score (nSPS) is 23.5. The molecule has 2 fully saturated rings. The number of hydrogen-bond donors (Lipinski definition) is 2. The smallest absolute Gasteiger partial charge is 0.220 e. The van der Waals surface area contributed by atoms with Crippen LogP contribution in [0.2, 0.25) is 0 Å². The number of H-pyrrole nitrogens is 1. The molecule has 0 bridgehead atoms. The highest BCUT2D eigenvalue weighted by Gasteiger charge is 2.40. The van der Waals surface area contributed by atoms with Crippen molar-refractivity contribution in [2.45, 2.75) is 12.5 Å². The first-order chi connectivity index (χ1) is 12.2. The Labute approximate surface area is 145 Å². The van der Waals surface area contributed by atoms with Crippen molar-refractivity contribution in [3.63, 3.8) is 0 Å². The Morgan fingerprint density at radius 2 is 2.08 bits per heavy atom. The zero-order valence-corrected chi connectivity index (χ0v) is 14.2. The van der Waals surface area contributed by atoms with Gasteiger partial charge in [-0.15, -0.1) is 0 Å². The van der Waals surface area contributed by atoms with E-state index in [1.807, 2.05) is 18.5 Å². The molecular formula is C18H21N7. The van der Waals surface area contributed by atoms with Gasteiger partial charge >= 0.3 is 0 Å². The zero-order valence-electron chi connectivity index (χ0n) is 14.2. The summed E-state index contributed by atoms with van der Waals surface area (Å²) in [4.78, 5) is 21.2. The van der Waals surface area contributed by atoms with E-state index in [0.717, 1.165) is 41.3 Å². The zero-order chi connectivity index (χ0) is 17.0. The van der Waals surface area contributed by atoms with E-state index in [9.17, 15) is 0 Å². The van der Waals surface area contributed by atoms with Crippen LogP contribution in [0.5, 0.6) is 0 Å². The third-order valence-corrected chi connectivity index (χ3v) is 5.67. The lowest BCUT2D eigenvalue weighted by atomic mass is 10.1. The van der Waals surface area contributed by atoms with Gasteiger partial charge in [0.15, 0.2) is 0 Å². The average molecular weight is 335 g/mol. The predicted molar refractivity (Wildman–Crippen MR) is 98.3 cm³/mol. The van der Waals surface area contributed by atoms with Gasteiger partial charge in [-0.3, -0.25) is 0 Å². The van der Waals surface area contributed by atoms with Gasteiger partial charge in [-0.1, -0.05) is 0 Å². The molecule has 2 aliphatic rings. The van der Waals surface area contributed by atoms with Crippen molar-refractivity contribution in [3.05, 3.63) is 30.7 Å².